The Bertz CT molecular complexity index is 912. The van der Waals surface area contributed by atoms with Crippen LogP contribution in [-0.2, 0) is 11.0 Å². The second-order valence-corrected chi connectivity index (χ2v) is 6.28. The summed E-state index contributed by atoms with van der Waals surface area (Å²) in [6, 6.07) is 3.93. The fourth-order valence-electron chi connectivity index (χ4n) is 2.30. The zero-order valence-electron chi connectivity index (χ0n) is 11.5. The highest BCUT2D eigenvalue weighted by Crippen LogP contribution is 2.35. The van der Waals surface area contributed by atoms with Gasteiger partial charge in [0.1, 0.15) is 17.7 Å². The molecule has 116 valence electrons. The fourth-order valence-corrected chi connectivity index (χ4v) is 2.79. The molecular weight excluding hydrogens is 312 g/mol. The van der Waals surface area contributed by atoms with Crippen molar-refractivity contribution in [3.8, 4) is 5.88 Å². The van der Waals surface area contributed by atoms with Crippen molar-refractivity contribution in [1.82, 2.24) is 9.55 Å². The molecule has 0 saturated carbocycles. The Balaban J connectivity index is 2.26. The maximum atomic E-state index is 13.8. The maximum Gasteiger partial charge on any atom is 0.391 e. The summed E-state index contributed by atoms with van der Waals surface area (Å²) in [5, 5.41) is 0. The predicted octanol–water partition coefficient (Wildman–Crippen LogP) is 1.71. The lowest BCUT2D eigenvalue weighted by molar-refractivity contribution is 0.376. The van der Waals surface area contributed by atoms with Crippen molar-refractivity contribution in [3.63, 3.8) is 0 Å². The zero-order chi connectivity index (χ0) is 16.1. The largest absolute Gasteiger partial charge is 0.432 e. The van der Waals surface area contributed by atoms with Gasteiger partial charge in [-0.05, 0) is 24.1 Å². The van der Waals surface area contributed by atoms with E-state index in [1.165, 1.54) is 29.1 Å². The molecule has 0 radical (unpaired) electrons. The van der Waals surface area contributed by atoms with Gasteiger partial charge in [-0.25, -0.2) is 9.37 Å². The van der Waals surface area contributed by atoms with Gasteiger partial charge in [0, 0.05) is 6.07 Å². The van der Waals surface area contributed by atoms with E-state index >= 15 is 0 Å². The standard InChI is InChI=1S/C13H13FN3O4P/c1-2-7-5-8(14)11(15)12-13(7)17(6-16-12)9-3-4-10(21-9)22(18,19)20/h3-6H,2,15H2,1H3,(H2,18,19,20). The number of nitrogens with two attached hydrogens (primary N) is 1. The van der Waals surface area contributed by atoms with Gasteiger partial charge in [0.2, 0.25) is 11.4 Å². The van der Waals surface area contributed by atoms with Gasteiger partial charge in [0.15, 0.2) is 0 Å². The molecule has 22 heavy (non-hydrogen) atoms. The monoisotopic (exact) mass is 325 g/mol. The second-order valence-electron chi connectivity index (χ2n) is 4.75. The number of halogens is 1. The third-order valence-corrected chi connectivity index (χ3v) is 4.18. The number of furan rings is 1. The molecule has 0 spiro atoms. The van der Waals surface area contributed by atoms with E-state index in [1.807, 2.05) is 6.92 Å². The van der Waals surface area contributed by atoms with Crippen molar-refractivity contribution in [3.05, 3.63) is 35.9 Å². The molecular formula is C13H13FN3O4P. The van der Waals surface area contributed by atoms with Crippen LogP contribution in [0.2, 0.25) is 0 Å². The molecule has 9 heteroatoms. The SMILES string of the molecule is CCc1cc(F)c(N)c2ncn(-c3ccc(P(=O)(O)O)o3)c12. The normalized spacial score (nSPS) is 12.2. The van der Waals surface area contributed by atoms with Crippen LogP contribution in [-0.4, -0.2) is 19.3 Å². The molecule has 2 heterocycles. The molecule has 1 aromatic carbocycles. The lowest BCUT2D eigenvalue weighted by atomic mass is 10.1. The number of aromatic nitrogens is 2. The number of aryl methyl sites for hydroxylation is 1. The summed E-state index contributed by atoms with van der Waals surface area (Å²) in [5.41, 5.74) is 6.67. The van der Waals surface area contributed by atoms with Gasteiger partial charge in [0.25, 0.3) is 0 Å². The van der Waals surface area contributed by atoms with Gasteiger partial charge in [-0.3, -0.25) is 9.13 Å². The van der Waals surface area contributed by atoms with Crippen LogP contribution in [0.5, 0.6) is 0 Å². The molecule has 0 aliphatic heterocycles. The first-order valence-corrected chi connectivity index (χ1v) is 8.04. The summed E-state index contributed by atoms with van der Waals surface area (Å²) in [5.74, 6) is -0.383. The highest BCUT2D eigenvalue weighted by atomic mass is 31.2. The van der Waals surface area contributed by atoms with Crippen LogP contribution in [0.1, 0.15) is 12.5 Å². The van der Waals surface area contributed by atoms with Crippen molar-refractivity contribution in [2.75, 3.05) is 5.73 Å². The molecule has 4 N–H and O–H groups in total. The quantitative estimate of drug-likeness (QED) is 0.499. The molecule has 7 nitrogen and oxygen atoms in total. The van der Waals surface area contributed by atoms with Gasteiger partial charge >= 0.3 is 7.60 Å². The highest BCUT2D eigenvalue weighted by molar-refractivity contribution is 7.59. The molecule has 0 aliphatic rings. The Hall–Kier alpha value is -2.15. The van der Waals surface area contributed by atoms with Gasteiger partial charge in [0.05, 0.1) is 11.2 Å². The molecule has 3 aromatic rings. The molecule has 0 aliphatic carbocycles. The summed E-state index contributed by atoms with van der Waals surface area (Å²) in [6.07, 6.45) is 1.91. The summed E-state index contributed by atoms with van der Waals surface area (Å²) < 4.78 is 31.7. The Morgan fingerprint density at radius 2 is 2.18 bits per heavy atom. The second kappa shape index (κ2) is 4.95. The van der Waals surface area contributed by atoms with Crippen molar-refractivity contribution < 1.29 is 23.2 Å². The lowest BCUT2D eigenvalue weighted by Crippen LogP contribution is -2.01. The van der Waals surface area contributed by atoms with E-state index in [0.29, 0.717) is 17.5 Å². The van der Waals surface area contributed by atoms with Crippen LogP contribution in [0.25, 0.3) is 16.9 Å². The van der Waals surface area contributed by atoms with E-state index in [1.54, 1.807) is 0 Å². The summed E-state index contributed by atoms with van der Waals surface area (Å²) in [7, 11) is -4.48. The van der Waals surface area contributed by atoms with Gasteiger partial charge < -0.3 is 19.9 Å². The molecule has 2 aromatic heterocycles. The number of hydrogen-bond donors (Lipinski definition) is 3. The molecule has 3 rings (SSSR count). The zero-order valence-corrected chi connectivity index (χ0v) is 12.4. The Morgan fingerprint density at radius 1 is 1.45 bits per heavy atom. The number of imidazole rings is 1. The van der Waals surface area contributed by atoms with E-state index in [4.69, 9.17) is 19.9 Å². The molecule has 0 fully saturated rings. The van der Waals surface area contributed by atoms with Crippen molar-refractivity contribution >= 4 is 29.8 Å². The van der Waals surface area contributed by atoms with E-state index in [2.05, 4.69) is 4.98 Å². The molecule has 0 saturated heterocycles. The molecule has 0 unspecified atom stereocenters. The lowest BCUT2D eigenvalue weighted by Gasteiger charge is -2.07. The van der Waals surface area contributed by atoms with Crippen LogP contribution in [0.15, 0.2) is 28.9 Å². The minimum Gasteiger partial charge on any atom is -0.432 e. The van der Waals surface area contributed by atoms with E-state index in [-0.39, 0.29) is 17.1 Å². The first-order valence-electron chi connectivity index (χ1n) is 6.43. The smallest absolute Gasteiger partial charge is 0.391 e. The highest BCUT2D eigenvalue weighted by Gasteiger charge is 2.23. The molecule has 0 atom stereocenters. The van der Waals surface area contributed by atoms with Crippen molar-refractivity contribution in [2.45, 2.75) is 13.3 Å². The van der Waals surface area contributed by atoms with Crippen LogP contribution in [0.3, 0.4) is 0 Å². The first kappa shape index (κ1) is 14.8. The van der Waals surface area contributed by atoms with Crippen molar-refractivity contribution in [1.29, 1.82) is 0 Å². The first-order chi connectivity index (χ1) is 10.3. The summed E-state index contributed by atoms with van der Waals surface area (Å²) in [4.78, 5) is 22.3. The third kappa shape index (κ3) is 2.21. The van der Waals surface area contributed by atoms with Crippen LogP contribution in [0, 0.1) is 5.82 Å². The summed E-state index contributed by atoms with van der Waals surface area (Å²) in [6.45, 7) is 1.85. The Morgan fingerprint density at radius 3 is 2.77 bits per heavy atom. The maximum absolute atomic E-state index is 13.8. The minimum absolute atomic E-state index is 0.0762. The van der Waals surface area contributed by atoms with E-state index in [9.17, 15) is 8.96 Å². The average molecular weight is 325 g/mol. The minimum atomic E-state index is -4.48. The number of anilines is 1. The van der Waals surface area contributed by atoms with Gasteiger partial charge in [-0.2, -0.15) is 0 Å². The Labute approximate surface area is 124 Å². The number of nitrogen functional groups attached to an aromatic ring is 1. The number of nitrogens with zero attached hydrogens (tertiary/aromatic N) is 2. The van der Waals surface area contributed by atoms with Crippen LogP contribution in [0.4, 0.5) is 10.1 Å². The van der Waals surface area contributed by atoms with Gasteiger partial charge in [-0.1, -0.05) is 6.92 Å². The van der Waals surface area contributed by atoms with E-state index < -0.39 is 18.9 Å². The Kier molecular flexibility index (Phi) is 3.32. The van der Waals surface area contributed by atoms with Crippen LogP contribution >= 0.6 is 7.60 Å². The van der Waals surface area contributed by atoms with Crippen molar-refractivity contribution in [2.24, 2.45) is 0 Å². The molecule has 0 amide bonds. The number of rotatable bonds is 3. The van der Waals surface area contributed by atoms with Crippen LogP contribution < -0.4 is 11.2 Å². The topological polar surface area (TPSA) is 115 Å². The van der Waals surface area contributed by atoms with Gasteiger partial charge in [-0.15, -0.1) is 0 Å². The third-order valence-electron chi connectivity index (χ3n) is 3.37. The summed E-state index contributed by atoms with van der Waals surface area (Å²) >= 11 is 0. The number of hydrogen-bond acceptors (Lipinski definition) is 4. The number of fused-ring (bicyclic) bond motifs is 1. The molecule has 0 bridgehead atoms. The number of benzene rings is 1. The fraction of sp³-hybridized carbons (Fsp3) is 0.154. The average Bonchev–Trinajstić information content (AvgIpc) is 3.08. The van der Waals surface area contributed by atoms with E-state index in [0.717, 1.165) is 0 Å². The predicted molar refractivity (Wildman–Crippen MR) is 78.8 cm³/mol.